The highest BCUT2D eigenvalue weighted by molar-refractivity contribution is 6.04. The Kier molecular flexibility index (Phi) is 7.67. The van der Waals surface area contributed by atoms with E-state index in [0.29, 0.717) is 18.5 Å². The van der Waals surface area contributed by atoms with E-state index in [1.807, 2.05) is 38.1 Å². The molecule has 3 saturated heterocycles. The minimum atomic E-state index is -1.23. The van der Waals surface area contributed by atoms with Gasteiger partial charge >= 0.3 is 5.97 Å². The molecule has 37 heavy (non-hydrogen) atoms. The van der Waals surface area contributed by atoms with Crippen molar-refractivity contribution in [3.63, 3.8) is 0 Å². The number of carbonyl (C=O) groups excluding carboxylic acids is 2. The van der Waals surface area contributed by atoms with Gasteiger partial charge in [0.15, 0.2) is 0 Å². The van der Waals surface area contributed by atoms with Gasteiger partial charge in [-0.05, 0) is 56.9 Å². The van der Waals surface area contributed by atoms with Gasteiger partial charge in [0.1, 0.15) is 11.6 Å². The molecule has 9 heteroatoms. The number of aliphatic hydroxyl groups is 1. The fourth-order valence-electron chi connectivity index (χ4n) is 6.66. The fourth-order valence-corrected chi connectivity index (χ4v) is 6.66. The summed E-state index contributed by atoms with van der Waals surface area (Å²) < 4.78 is 6.31. The summed E-state index contributed by atoms with van der Waals surface area (Å²) in [7, 11) is 0. The minimum Gasteiger partial charge on any atom is -0.481 e. The first-order valence-electron chi connectivity index (χ1n) is 13.3. The molecule has 2 N–H and O–H groups in total. The highest BCUT2D eigenvalue weighted by Gasteiger charge is 2.75. The molecule has 3 heterocycles. The van der Waals surface area contributed by atoms with Crippen molar-refractivity contribution in [2.24, 2.45) is 17.8 Å². The van der Waals surface area contributed by atoms with Crippen LogP contribution in [0.25, 0.3) is 0 Å². The maximum absolute atomic E-state index is 14.4. The van der Waals surface area contributed by atoms with Crippen molar-refractivity contribution in [2.75, 3.05) is 36.0 Å². The van der Waals surface area contributed by atoms with Gasteiger partial charge in [-0.1, -0.05) is 19.9 Å². The molecule has 3 aliphatic heterocycles. The topological polar surface area (TPSA) is 111 Å². The second kappa shape index (κ2) is 10.5. The molecule has 2 unspecified atom stereocenters. The number of anilines is 2. The highest BCUT2D eigenvalue weighted by Crippen LogP contribution is 2.59. The Hall–Kier alpha value is -2.91. The molecule has 9 nitrogen and oxygen atoms in total. The number of aliphatic hydroxyl groups excluding tert-OH is 1. The van der Waals surface area contributed by atoms with Crippen molar-refractivity contribution >= 4 is 29.2 Å². The Morgan fingerprint density at radius 3 is 2.35 bits per heavy atom. The van der Waals surface area contributed by atoms with E-state index in [2.05, 4.69) is 25.3 Å². The van der Waals surface area contributed by atoms with Crippen molar-refractivity contribution < 1.29 is 29.3 Å². The molecule has 1 spiro atoms. The number of benzene rings is 1. The monoisotopic (exact) mass is 513 g/mol. The van der Waals surface area contributed by atoms with E-state index in [-0.39, 0.29) is 25.0 Å². The molecule has 0 radical (unpaired) electrons. The zero-order chi connectivity index (χ0) is 27.1. The smallest absolute Gasteiger partial charge is 0.310 e. The van der Waals surface area contributed by atoms with Crippen LogP contribution in [0.5, 0.6) is 0 Å². The largest absolute Gasteiger partial charge is 0.481 e. The van der Waals surface area contributed by atoms with E-state index in [1.54, 1.807) is 11.0 Å². The Balaban J connectivity index is 1.78. The molecule has 3 aliphatic rings. The molecule has 4 rings (SSSR count). The maximum Gasteiger partial charge on any atom is 0.310 e. The molecule has 0 saturated carbocycles. The van der Waals surface area contributed by atoms with Gasteiger partial charge in [0.05, 0.1) is 30.6 Å². The lowest BCUT2D eigenvalue weighted by molar-refractivity contribution is -0.151. The minimum absolute atomic E-state index is 0.152. The number of carboxylic acid groups (broad SMARTS) is 1. The van der Waals surface area contributed by atoms with Gasteiger partial charge in [-0.25, -0.2) is 0 Å². The summed E-state index contributed by atoms with van der Waals surface area (Å²) in [6.45, 7) is 13.3. The number of rotatable bonds is 11. The van der Waals surface area contributed by atoms with E-state index in [1.165, 1.54) is 4.90 Å². The summed E-state index contributed by atoms with van der Waals surface area (Å²) in [6, 6.07) is 6.00. The molecule has 3 fully saturated rings. The van der Waals surface area contributed by atoms with E-state index in [9.17, 15) is 24.6 Å². The molecule has 2 bridgehead atoms. The Bertz CT molecular complexity index is 1040. The lowest BCUT2D eigenvalue weighted by atomic mass is 9.70. The van der Waals surface area contributed by atoms with Crippen LogP contribution in [0.3, 0.4) is 0 Å². The first-order chi connectivity index (χ1) is 17.7. The predicted molar refractivity (Wildman–Crippen MR) is 140 cm³/mol. The number of fused-ring (bicyclic) bond motifs is 1. The number of ether oxygens (including phenoxy) is 1. The second-order valence-electron chi connectivity index (χ2n) is 10.6. The van der Waals surface area contributed by atoms with Crippen LogP contribution in [0.15, 0.2) is 36.9 Å². The van der Waals surface area contributed by atoms with Crippen LogP contribution < -0.4 is 9.80 Å². The van der Waals surface area contributed by atoms with Crippen molar-refractivity contribution in [2.45, 2.75) is 64.3 Å². The number of nitrogens with zero attached hydrogens (tertiary/aromatic N) is 3. The zero-order valence-corrected chi connectivity index (χ0v) is 22.2. The number of carboxylic acids is 1. The third-order valence-electron chi connectivity index (χ3n) is 8.44. The third kappa shape index (κ3) is 4.22. The molecule has 0 aromatic heterocycles. The van der Waals surface area contributed by atoms with Gasteiger partial charge in [0, 0.05) is 31.0 Å². The van der Waals surface area contributed by atoms with Gasteiger partial charge in [0.2, 0.25) is 5.91 Å². The van der Waals surface area contributed by atoms with E-state index < -0.39 is 47.5 Å². The standard InChI is InChI=1S/C28H39N3O6/c1-6-15-30(19-11-9-18(10-12-19)29(7-2)8-3)26(34)24-28-14-13-21(37-28)22(27(35)36)23(28)25(33)31(24)20(16-32)17(4)5/h6,9-12,17,20-24,32H,1,7-8,13-16H2,2-5H3,(H,35,36)/t20-,21-,22+,23-,24?,28?/m0/s1. The maximum atomic E-state index is 14.4. The van der Waals surface area contributed by atoms with E-state index >= 15 is 0 Å². The van der Waals surface area contributed by atoms with Gasteiger partial charge in [-0.15, -0.1) is 6.58 Å². The van der Waals surface area contributed by atoms with Crippen LogP contribution >= 0.6 is 0 Å². The van der Waals surface area contributed by atoms with Crippen molar-refractivity contribution in [1.82, 2.24) is 4.90 Å². The number of hydrogen-bond acceptors (Lipinski definition) is 6. The van der Waals surface area contributed by atoms with Crippen LogP contribution in [0, 0.1) is 17.8 Å². The van der Waals surface area contributed by atoms with Crippen LogP contribution in [0.1, 0.15) is 40.5 Å². The lowest BCUT2D eigenvalue weighted by Gasteiger charge is -2.40. The van der Waals surface area contributed by atoms with Crippen molar-refractivity contribution in [3.05, 3.63) is 36.9 Å². The fraction of sp³-hybridized carbons (Fsp3) is 0.607. The van der Waals surface area contributed by atoms with Crippen LogP contribution in [0.4, 0.5) is 11.4 Å². The van der Waals surface area contributed by atoms with Crippen molar-refractivity contribution in [3.8, 4) is 0 Å². The average Bonchev–Trinajstić information content (AvgIpc) is 3.51. The summed E-state index contributed by atoms with van der Waals surface area (Å²) in [6.07, 6.45) is 1.93. The molecule has 6 atom stereocenters. The van der Waals surface area contributed by atoms with Crippen LogP contribution in [-0.2, 0) is 19.1 Å². The normalized spacial score (nSPS) is 28.9. The predicted octanol–water partition coefficient (Wildman–Crippen LogP) is 2.53. The zero-order valence-electron chi connectivity index (χ0n) is 22.2. The molecular formula is C28H39N3O6. The number of carbonyl (C=O) groups is 3. The second-order valence-corrected chi connectivity index (χ2v) is 10.6. The Labute approximate surface area is 218 Å². The van der Waals surface area contributed by atoms with Crippen LogP contribution in [-0.4, -0.2) is 82.9 Å². The van der Waals surface area contributed by atoms with Gasteiger partial charge < -0.3 is 29.6 Å². The summed E-state index contributed by atoms with van der Waals surface area (Å²) in [5, 5.41) is 20.3. The summed E-state index contributed by atoms with van der Waals surface area (Å²) >= 11 is 0. The van der Waals surface area contributed by atoms with Gasteiger partial charge in [-0.3, -0.25) is 14.4 Å². The number of likely N-dealkylation sites (tertiary alicyclic amines) is 1. The molecule has 2 amide bonds. The van der Waals surface area contributed by atoms with Crippen molar-refractivity contribution in [1.29, 1.82) is 0 Å². The van der Waals surface area contributed by atoms with Crippen LogP contribution in [0.2, 0.25) is 0 Å². The SMILES string of the molecule is C=CCN(C(=O)C1N([C@@H](CO)C(C)C)C(=O)[C@@H]2[C@H](C(=O)O)[C@@H]3CCC12O3)c1ccc(N(CC)CC)cc1. The first kappa shape index (κ1) is 27.1. The van der Waals surface area contributed by atoms with Gasteiger partial charge in [0.25, 0.3) is 5.91 Å². The first-order valence-corrected chi connectivity index (χ1v) is 13.3. The molecule has 1 aromatic carbocycles. The number of aliphatic carboxylic acids is 1. The molecule has 0 aliphatic carbocycles. The molecular weight excluding hydrogens is 474 g/mol. The number of hydrogen-bond donors (Lipinski definition) is 2. The van der Waals surface area contributed by atoms with E-state index in [0.717, 1.165) is 18.8 Å². The lowest BCUT2D eigenvalue weighted by Crippen LogP contribution is -2.59. The molecule has 202 valence electrons. The average molecular weight is 514 g/mol. The highest BCUT2D eigenvalue weighted by atomic mass is 16.5. The van der Waals surface area contributed by atoms with Gasteiger partial charge in [-0.2, -0.15) is 0 Å². The quantitative estimate of drug-likeness (QED) is 0.438. The summed E-state index contributed by atoms with van der Waals surface area (Å²) in [5.41, 5.74) is 0.462. The molecule has 1 aromatic rings. The third-order valence-corrected chi connectivity index (χ3v) is 8.44. The summed E-state index contributed by atoms with van der Waals surface area (Å²) in [4.78, 5) is 45.8. The summed E-state index contributed by atoms with van der Waals surface area (Å²) in [5.74, 6) is -3.97. The Morgan fingerprint density at radius 1 is 1.22 bits per heavy atom. The van der Waals surface area contributed by atoms with E-state index in [4.69, 9.17) is 4.74 Å². The number of amides is 2. The Morgan fingerprint density at radius 2 is 1.84 bits per heavy atom.